The van der Waals surface area contributed by atoms with E-state index in [0.717, 1.165) is 5.69 Å². The van der Waals surface area contributed by atoms with Gasteiger partial charge >= 0.3 is 0 Å². The van der Waals surface area contributed by atoms with Crippen molar-refractivity contribution in [2.24, 2.45) is 0 Å². The Morgan fingerprint density at radius 1 is 1.00 bits per heavy atom. The van der Waals surface area contributed by atoms with Crippen LogP contribution >= 0.6 is 11.3 Å². The molecule has 88 valence electrons. The maximum Gasteiger partial charge on any atom is 0.0808 e. The standard InChI is InChI=1S/C16H13NS/c1-12-11-17-15(16-8-5-9-18-16)10-14(12)13-6-3-2-4-7-13/h2-11H,1H3. The summed E-state index contributed by atoms with van der Waals surface area (Å²) in [6.45, 7) is 2.10. The molecule has 3 rings (SSSR count). The van der Waals surface area contributed by atoms with Gasteiger partial charge in [0, 0.05) is 6.20 Å². The topological polar surface area (TPSA) is 12.9 Å². The van der Waals surface area contributed by atoms with Crippen LogP contribution in [0.25, 0.3) is 21.7 Å². The molecule has 0 aliphatic heterocycles. The molecule has 0 fully saturated rings. The summed E-state index contributed by atoms with van der Waals surface area (Å²) in [6.07, 6.45) is 1.96. The first-order valence-electron chi connectivity index (χ1n) is 5.90. The molecule has 0 spiro atoms. The number of nitrogens with zero attached hydrogens (tertiary/aromatic N) is 1. The van der Waals surface area contributed by atoms with E-state index in [-0.39, 0.29) is 0 Å². The van der Waals surface area contributed by atoms with Crippen molar-refractivity contribution in [3.05, 3.63) is 65.7 Å². The highest BCUT2D eigenvalue weighted by atomic mass is 32.1. The predicted octanol–water partition coefficient (Wildman–Crippen LogP) is 4.79. The van der Waals surface area contributed by atoms with E-state index in [9.17, 15) is 0 Å². The monoisotopic (exact) mass is 251 g/mol. The minimum atomic E-state index is 1.05. The quantitative estimate of drug-likeness (QED) is 0.638. The van der Waals surface area contributed by atoms with Gasteiger partial charge in [-0.15, -0.1) is 11.3 Å². The fourth-order valence-corrected chi connectivity index (χ4v) is 2.70. The second-order valence-electron chi connectivity index (χ2n) is 4.23. The van der Waals surface area contributed by atoms with Crippen molar-refractivity contribution in [1.29, 1.82) is 0 Å². The third kappa shape index (κ3) is 2.07. The van der Waals surface area contributed by atoms with E-state index < -0.39 is 0 Å². The molecule has 0 unspecified atom stereocenters. The van der Waals surface area contributed by atoms with Gasteiger partial charge in [0.25, 0.3) is 0 Å². The number of aromatic nitrogens is 1. The number of hydrogen-bond acceptors (Lipinski definition) is 2. The van der Waals surface area contributed by atoms with Crippen LogP contribution in [0.1, 0.15) is 5.56 Å². The van der Waals surface area contributed by atoms with Crippen molar-refractivity contribution in [3.63, 3.8) is 0 Å². The zero-order valence-electron chi connectivity index (χ0n) is 10.1. The lowest BCUT2D eigenvalue weighted by Gasteiger charge is -2.07. The lowest BCUT2D eigenvalue weighted by atomic mass is 10.0. The molecule has 0 bridgehead atoms. The molecular weight excluding hydrogens is 238 g/mol. The Morgan fingerprint density at radius 3 is 2.56 bits per heavy atom. The largest absolute Gasteiger partial charge is 0.255 e. The Labute approximate surface area is 111 Å². The lowest BCUT2D eigenvalue weighted by molar-refractivity contribution is 1.28. The van der Waals surface area contributed by atoms with Crippen LogP contribution in [-0.2, 0) is 0 Å². The molecule has 1 aromatic carbocycles. The van der Waals surface area contributed by atoms with Crippen molar-refractivity contribution in [2.45, 2.75) is 6.92 Å². The highest BCUT2D eigenvalue weighted by Gasteiger charge is 2.06. The first-order chi connectivity index (χ1) is 8.84. The fraction of sp³-hybridized carbons (Fsp3) is 0.0625. The Balaban J connectivity index is 2.13. The number of hydrogen-bond donors (Lipinski definition) is 0. The zero-order chi connectivity index (χ0) is 12.4. The Morgan fingerprint density at radius 2 is 1.83 bits per heavy atom. The minimum Gasteiger partial charge on any atom is -0.255 e. The third-order valence-corrected chi connectivity index (χ3v) is 3.85. The Hall–Kier alpha value is -1.93. The first-order valence-corrected chi connectivity index (χ1v) is 6.78. The van der Waals surface area contributed by atoms with E-state index in [1.165, 1.54) is 21.6 Å². The van der Waals surface area contributed by atoms with E-state index in [0.29, 0.717) is 0 Å². The van der Waals surface area contributed by atoms with Crippen LogP contribution in [0, 0.1) is 6.92 Å². The van der Waals surface area contributed by atoms with Crippen LogP contribution in [0.4, 0.5) is 0 Å². The molecule has 0 amide bonds. The molecular formula is C16H13NS. The molecule has 3 aromatic rings. The van der Waals surface area contributed by atoms with Gasteiger partial charge in [0.1, 0.15) is 0 Å². The van der Waals surface area contributed by atoms with Gasteiger partial charge in [-0.25, -0.2) is 0 Å². The van der Waals surface area contributed by atoms with Gasteiger partial charge in [0.05, 0.1) is 10.6 Å². The van der Waals surface area contributed by atoms with E-state index in [1.807, 2.05) is 12.3 Å². The number of rotatable bonds is 2. The summed E-state index contributed by atoms with van der Waals surface area (Å²) >= 11 is 1.72. The van der Waals surface area contributed by atoms with Crippen LogP contribution in [0.2, 0.25) is 0 Å². The molecule has 1 nitrogen and oxygen atoms in total. The zero-order valence-corrected chi connectivity index (χ0v) is 10.9. The van der Waals surface area contributed by atoms with Crippen LogP contribution in [0.15, 0.2) is 60.1 Å². The molecule has 18 heavy (non-hydrogen) atoms. The van der Waals surface area contributed by atoms with Gasteiger partial charge in [-0.1, -0.05) is 36.4 Å². The second-order valence-corrected chi connectivity index (χ2v) is 5.18. The van der Waals surface area contributed by atoms with Crippen LogP contribution in [0.3, 0.4) is 0 Å². The van der Waals surface area contributed by atoms with E-state index in [4.69, 9.17) is 0 Å². The molecule has 2 heterocycles. The lowest BCUT2D eigenvalue weighted by Crippen LogP contribution is -1.88. The maximum absolute atomic E-state index is 4.52. The number of aryl methyl sites for hydroxylation is 1. The number of benzene rings is 1. The number of pyridine rings is 1. The van der Waals surface area contributed by atoms with E-state index in [2.05, 4.69) is 59.8 Å². The number of thiophene rings is 1. The van der Waals surface area contributed by atoms with Crippen molar-refractivity contribution >= 4 is 11.3 Å². The summed E-state index contributed by atoms with van der Waals surface area (Å²) in [5.41, 5.74) is 4.76. The summed E-state index contributed by atoms with van der Waals surface area (Å²) < 4.78 is 0. The normalized spacial score (nSPS) is 10.5. The van der Waals surface area contributed by atoms with Crippen LogP contribution in [-0.4, -0.2) is 4.98 Å². The summed E-state index contributed by atoms with van der Waals surface area (Å²) in [5.74, 6) is 0. The molecule has 2 aromatic heterocycles. The van der Waals surface area contributed by atoms with Crippen LogP contribution in [0.5, 0.6) is 0 Å². The van der Waals surface area contributed by atoms with Crippen LogP contribution < -0.4 is 0 Å². The van der Waals surface area contributed by atoms with Gasteiger partial charge in [-0.05, 0) is 41.1 Å². The summed E-state index contributed by atoms with van der Waals surface area (Å²) in [5, 5.41) is 2.08. The minimum absolute atomic E-state index is 1.05. The summed E-state index contributed by atoms with van der Waals surface area (Å²) in [4.78, 5) is 5.73. The van der Waals surface area contributed by atoms with Gasteiger partial charge < -0.3 is 0 Å². The van der Waals surface area contributed by atoms with Crippen molar-refractivity contribution in [3.8, 4) is 21.7 Å². The van der Waals surface area contributed by atoms with Gasteiger partial charge in [-0.3, -0.25) is 4.98 Å². The summed E-state index contributed by atoms with van der Waals surface area (Å²) in [6, 6.07) is 16.8. The fourth-order valence-electron chi connectivity index (χ4n) is 2.01. The SMILES string of the molecule is Cc1cnc(-c2cccs2)cc1-c1ccccc1. The molecule has 0 saturated heterocycles. The van der Waals surface area contributed by atoms with Gasteiger partial charge in [0.2, 0.25) is 0 Å². The molecule has 0 atom stereocenters. The van der Waals surface area contributed by atoms with Crippen molar-refractivity contribution in [2.75, 3.05) is 0 Å². The molecule has 2 heteroatoms. The van der Waals surface area contributed by atoms with E-state index >= 15 is 0 Å². The highest BCUT2D eigenvalue weighted by molar-refractivity contribution is 7.13. The van der Waals surface area contributed by atoms with Gasteiger partial charge in [-0.2, -0.15) is 0 Å². The van der Waals surface area contributed by atoms with E-state index in [1.54, 1.807) is 11.3 Å². The molecule has 0 N–H and O–H groups in total. The Bertz CT molecular complexity index is 642. The first kappa shape index (κ1) is 11.2. The highest BCUT2D eigenvalue weighted by Crippen LogP contribution is 2.29. The summed E-state index contributed by atoms with van der Waals surface area (Å²) in [7, 11) is 0. The smallest absolute Gasteiger partial charge is 0.0808 e. The predicted molar refractivity (Wildman–Crippen MR) is 77.7 cm³/mol. The van der Waals surface area contributed by atoms with Gasteiger partial charge in [0.15, 0.2) is 0 Å². The third-order valence-electron chi connectivity index (χ3n) is 2.96. The molecule has 0 aliphatic rings. The van der Waals surface area contributed by atoms with Crippen molar-refractivity contribution < 1.29 is 0 Å². The average Bonchev–Trinajstić information content (AvgIpc) is 2.94. The maximum atomic E-state index is 4.52. The average molecular weight is 251 g/mol. The molecule has 0 radical (unpaired) electrons. The van der Waals surface area contributed by atoms with Crippen molar-refractivity contribution in [1.82, 2.24) is 4.98 Å². The second kappa shape index (κ2) is 4.75. The molecule has 0 aliphatic carbocycles. The molecule has 0 saturated carbocycles. The Kier molecular flexibility index (Phi) is 2.95.